The van der Waals surface area contributed by atoms with E-state index >= 15 is 0 Å². The molecule has 0 N–H and O–H groups in total. The number of nitrogens with zero attached hydrogens (tertiary/aromatic N) is 2. The molecule has 2 rings (SSSR count). The van der Waals surface area contributed by atoms with Crippen LogP contribution in [0.15, 0.2) is 45.9 Å². The Morgan fingerprint density at radius 2 is 2.19 bits per heavy atom. The van der Waals surface area contributed by atoms with Gasteiger partial charge in [0.1, 0.15) is 5.82 Å². The summed E-state index contributed by atoms with van der Waals surface area (Å²) in [6, 6.07) is 7.27. The molecule has 0 aliphatic rings. The molecule has 0 saturated heterocycles. The van der Waals surface area contributed by atoms with Crippen LogP contribution in [0.5, 0.6) is 0 Å². The molecule has 82 valence electrons. The fraction of sp³-hybridized carbons (Fsp3) is 0.0909. The lowest BCUT2D eigenvalue weighted by Crippen LogP contribution is -2.19. The molecule has 5 heteroatoms. The van der Waals surface area contributed by atoms with E-state index in [4.69, 9.17) is 0 Å². The topological polar surface area (TPSA) is 34.9 Å². The van der Waals surface area contributed by atoms with Crippen molar-refractivity contribution in [3.05, 3.63) is 57.0 Å². The molecular weight excluding hydrogens is 336 g/mol. The molecule has 0 fully saturated rings. The summed E-state index contributed by atoms with van der Waals surface area (Å²) in [6.45, 7) is 0. The Morgan fingerprint density at radius 3 is 2.81 bits per heavy atom. The Kier molecular flexibility index (Phi) is 3.56. The zero-order valence-corrected chi connectivity index (χ0v) is 11.4. The van der Waals surface area contributed by atoms with Crippen LogP contribution in [-0.2, 0) is 5.33 Å². The van der Waals surface area contributed by atoms with E-state index in [2.05, 4.69) is 36.8 Å². The van der Waals surface area contributed by atoms with Gasteiger partial charge in [-0.2, -0.15) is 0 Å². The van der Waals surface area contributed by atoms with Crippen LogP contribution in [0.25, 0.3) is 5.82 Å². The Bertz CT molecular complexity index is 552. The summed E-state index contributed by atoms with van der Waals surface area (Å²) in [5, 5.41) is 0.693. The van der Waals surface area contributed by atoms with Gasteiger partial charge in [0.2, 0.25) is 0 Å². The summed E-state index contributed by atoms with van der Waals surface area (Å²) in [4.78, 5) is 16.1. The molecule has 0 bridgehead atoms. The van der Waals surface area contributed by atoms with Crippen LogP contribution >= 0.6 is 31.9 Å². The molecule has 2 heterocycles. The largest absolute Gasteiger partial charge is 0.270 e. The second-order valence-electron chi connectivity index (χ2n) is 3.19. The van der Waals surface area contributed by atoms with Crippen LogP contribution in [-0.4, -0.2) is 9.55 Å². The van der Waals surface area contributed by atoms with Crippen molar-refractivity contribution >= 4 is 31.9 Å². The number of rotatable bonds is 2. The summed E-state index contributed by atoms with van der Waals surface area (Å²) in [7, 11) is 0. The molecular formula is C11H8Br2N2O. The van der Waals surface area contributed by atoms with E-state index in [1.165, 1.54) is 4.57 Å². The average molecular weight is 344 g/mol. The molecule has 0 saturated carbocycles. The van der Waals surface area contributed by atoms with Crippen LogP contribution in [0.1, 0.15) is 5.56 Å². The zero-order valence-electron chi connectivity index (χ0n) is 8.23. The smallest absolute Gasteiger partial charge is 0.268 e. The van der Waals surface area contributed by atoms with Gasteiger partial charge in [0.25, 0.3) is 5.56 Å². The fourth-order valence-electron chi connectivity index (χ4n) is 1.34. The predicted octanol–water partition coefficient (Wildman–Crippen LogP) is 2.89. The average Bonchev–Trinajstić information content (AvgIpc) is 2.33. The highest BCUT2D eigenvalue weighted by Gasteiger charge is 2.06. The Hall–Kier alpha value is -0.940. The molecule has 0 aliphatic carbocycles. The SMILES string of the molecule is O=c1c(Br)cc(CBr)cn1-c1ccccn1. The number of aromatic nitrogens is 2. The summed E-state index contributed by atoms with van der Waals surface area (Å²) in [5.41, 5.74) is 0.903. The van der Waals surface area contributed by atoms with Crippen molar-refractivity contribution in [2.75, 3.05) is 0 Å². The molecule has 0 atom stereocenters. The van der Waals surface area contributed by atoms with Crippen LogP contribution < -0.4 is 5.56 Å². The van der Waals surface area contributed by atoms with Gasteiger partial charge < -0.3 is 0 Å². The third-order valence-electron chi connectivity index (χ3n) is 2.08. The predicted molar refractivity (Wildman–Crippen MR) is 70.2 cm³/mol. The van der Waals surface area contributed by atoms with Crippen molar-refractivity contribution in [2.45, 2.75) is 5.33 Å². The number of hydrogen-bond donors (Lipinski definition) is 0. The van der Waals surface area contributed by atoms with E-state index < -0.39 is 0 Å². The van der Waals surface area contributed by atoms with Crippen molar-refractivity contribution in [3.8, 4) is 5.82 Å². The number of hydrogen-bond acceptors (Lipinski definition) is 2. The van der Waals surface area contributed by atoms with Gasteiger partial charge in [0.15, 0.2) is 0 Å². The molecule has 0 radical (unpaired) electrons. The zero-order chi connectivity index (χ0) is 11.5. The Labute approximate surface area is 109 Å². The van der Waals surface area contributed by atoms with Gasteiger partial charge in [-0.1, -0.05) is 22.0 Å². The Balaban J connectivity index is 2.65. The van der Waals surface area contributed by atoms with Gasteiger partial charge in [0, 0.05) is 17.7 Å². The van der Waals surface area contributed by atoms with Crippen molar-refractivity contribution in [3.63, 3.8) is 0 Å². The summed E-state index contributed by atoms with van der Waals surface area (Å²) in [6.07, 6.45) is 3.45. The first-order chi connectivity index (χ1) is 7.72. The minimum Gasteiger partial charge on any atom is -0.268 e. The summed E-state index contributed by atoms with van der Waals surface area (Å²) in [5.74, 6) is 0.621. The highest BCUT2D eigenvalue weighted by molar-refractivity contribution is 9.10. The maximum atomic E-state index is 11.9. The lowest BCUT2D eigenvalue weighted by atomic mass is 10.3. The normalized spacial score (nSPS) is 10.4. The number of alkyl halides is 1. The molecule has 0 aliphatic heterocycles. The van der Waals surface area contributed by atoms with Crippen LogP contribution in [0.2, 0.25) is 0 Å². The first-order valence-electron chi connectivity index (χ1n) is 4.61. The molecule has 3 nitrogen and oxygen atoms in total. The maximum Gasteiger partial charge on any atom is 0.270 e. The van der Waals surface area contributed by atoms with E-state index in [1.807, 2.05) is 12.1 Å². The highest BCUT2D eigenvalue weighted by atomic mass is 79.9. The first kappa shape index (κ1) is 11.5. The van der Waals surface area contributed by atoms with E-state index in [0.717, 1.165) is 5.56 Å². The van der Waals surface area contributed by atoms with E-state index in [1.54, 1.807) is 24.5 Å². The van der Waals surface area contributed by atoms with Gasteiger partial charge in [-0.25, -0.2) is 4.98 Å². The maximum absolute atomic E-state index is 11.9. The number of pyridine rings is 2. The first-order valence-corrected chi connectivity index (χ1v) is 6.52. The van der Waals surface area contributed by atoms with Crippen molar-refractivity contribution in [1.29, 1.82) is 0 Å². The molecule has 2 aromatic rings. The standard InChI is InChI=1S/C11H8Br2N2O/c12-6-8-5-9(13)11(16)15(7-8)10-3-1-2-4-14-10/h1-5,7H,6H2. The van der Waals surface area contributed by atoms with Crippen LogP contribution in [0.4, 0.5) is 0 Å². The van der Waals surface area contributed by atoms with Crippen molar-refractivity contribution < 1.29 is 0 Å². The summed E-state index contributed by atoms with van der Waals surface area (Å²) >= 11 is 6.62. The van der Waals surface area contributed by atoms with Gasteiger partial charge in [0.05, 0.1) is 4.47 Å². The Morgan fingerprint density at radius 1 is 1.38 bits per heavy atom. The monoisotopic (exact) mass is 342 g/mol. The van der Waals surface area contributed by atoms with Gasteiger partial charge in [-0.15, -0.1) is 0 Å². The minimum atomic E-state index is -0.108. The van der Waals surface area contributed by atoms with E-state index in [0.29, 0.717) is 15.6 Å². The fourth-order valence-corrected chi connectivity index (χ4v) is 2.13. The second-order valence-corrected chi connectivity index (χ2v) is 4.61. The van der Waals surface area contributed by atoms with E-state index in [9.17, 15) is 4.79 Å². The highest BCUT2D eigenvalue weighted by Crippen LogP contribution is 2.12. The van der Waals surface area contributed by atoms with Crippen molar-refractivity contribution in [1.82, 2.24) is 9.55 Å². The third-order valence-corrected chi connectivity index (χ3v) is 3.30. The minimum absolute atomic E-state index is 0.108. The van der Waals surface area contributed by atoms with Gasteiger partial charge in [-0.3, -0.25) is 9.36 Å². The molecule has 16 heavy (non-hydrogen) atoms. The van der Waals surface area contributed by atoms with Gasteiger partial charge in [-0.05, 0) is 39.7 Å². The molecule has 0 unspecified atom stereocenters. The van der Waals surface area contributed by atoms with Crippen molar-refractivity contribution in [2.24, 2.45) is 0 Å². The molecule has 0 aromatic carbocycles. The second kappa shape index (κ2) is 4.93. The molecule has 2 aromatic heterocycles. The van der Waals surface area contributed by atoms with Crippen LogP contribution in [0, 0.1) is 0 Å². The lowest BCUT2D eigenvalue weighted by Gasteiger charge is -2.06. The quantitative estimate of drug-likeness (QED) is 0.786. The molecule has 0 amide bonds. The third kappa shape index (κ3) is 2.25. The summed E-state index contributed by atoms with van der Waals surface area (Å²) < 4.78 is 2.07. The molecule has 0 spiro atoms. The van der Waals surface area contributed by atoms with Gasteiger partial charge >= 0.3 is 0 Å². The number of halogens is 2. The van der Waals surface area contributed by atoms with E-state index in [-0.39, 0.29) is 5.56 Å². The lowest BCUT2D eigenvalue weighted by molar-refractivity contribution is 0.921. The van der Waals surface area contributed by atoms with Crippen LogP contribution in [0.3, 0.4) is 0 Å².